The predicted molar refractivity (Wildman–Crippen MR) is 107 cm³/mol. The molecule has 6 nitrogen and oxygen atoms in total. The van der Waals surface area contributed by atoms with Gasteiger partial charge < -0.3 is 5.32 Å². The molecule has 0 unspecified atom stereocenters. The molecule has 0 spiro atoms. The van der Waals surface area contributed by atoms with Crippen LogP contribution in [0.2, 0.25) is 0 Å². The Labute approximate surface area is 165 Å². The summed E-state index contributed by atoms with van der Waals surface area (Å²) in [5.74, 6) is -1.37. The fourth-order valence-corrected chi connectivity index (χ4v) is 3.88. The third kappa shape index (κ3) is 3.20. The SMILES string of the molecule is Cc1ccc(C)c(-c2csc(NC(=O)CN3C(=O)c4ccccc4C3=O)n2)c1. The minimum atomic E-state index is -0.462. The Balaban J connectivity index is 1.47. The number of nitrogens with zero attached hydrogens (tertiary/aromatic N) is 2. The minimum Gasteiger partial charge on any atom is -0.300 e. The summed E-state index contributed by atoms with van der Waals surface area (Å²) in [6.45, 7) is 3.68. The average Bonchev–Trinajstić information content (AvgIpc) is 3.23. The van der Waals surface area contributed by atoms with Gasteiger partial charge in [-0.25, -0.2) is 4.98 Å². The molecule has 2 aromatic carbocycles. The van der Waals surface area contributed by atoms with Crippen LogP contribution >= 0.6 is 11.3 Å². The van der Waals surface area contributed by atoms with Crippen molar-refractivity contribution in [2.75, 3.05) is 11.9 Å². The number of nitrogens with one attached hydrogen (secondary N) is 1. The first-order valence-corrected chi connectivity index (χ1v) is 9.60. The van der Waals surface area contributed by atoms with E-state index in [0.29, 0.717) is 16.3 Å². The van der Waals surface area contributed by atoms with Crippen molar-refractivity contribution in [1.29, 1.82) is 0 Å². The molecule has 0 radical (unpaired) electrons. The number of hydrogen-bond donors (Lipinski definition) is 1. The van der Waals surface area contributed by atoms with Crippen molar-refractivity contribution in [1.82, 2.24) is 9.88 Å². The third-order valence-electron chi connectivity index (χ3n) is 4.60. The summed E-state index contributed by atoms with van der Waals surface area (Å²) in [5.41, 5.74) is 4.67. The van der Waals surface area contributed by atoms with E-state index < -0.39 is 17.7 Å². The Kier molecular flexibility index (Phi) is 4.52. The van der Waals surface area contributed by atoms with E-state index in [0.717, 1.165) is 27.3 Å². The molecule has 1 N–H and O–H groups in total. The molecule has 2 heterocycles. The molecule has 3 aromatic rings. The van der Waals surface area contributed by atoms with Crippen molar-refractivity contribution in [2.24, 2.45) is 0 Å². The van der Waals surface area contributed by atoms with Gasteiger partial charge in [-0.2, -0.15) is 0 Å². The van der Waals surface area contributed by atoms with Crippen LogP contribution in [0, 0.1) is 13.8 Å². The summed E-state index contributed by atoms with van der Waals surface area (Å²) >= 11 is 1.30. The van der Waals surface area contributed by atoms with Crippen molar-refractivity contribution >= 4 is 34.2 Å². The Morgan fingerprint density at radius 3 is 2.39 bits per heavy atom. The van der Waals surface area contributed by atoms with Gasteiger partial charge in [0.2, 0.25) is 5.91 Å². The summed E-state index contributed by atoms with van der Waals surface area (Å²) < 4.78 is 0. The number of anilines is 1. The second-order valence-corrected chi connectivity index (χ2v) is 7.50. The number of carbonyl (C=O) groups excluding carboxylic acids is 3. The largest absolute Gasteiger partial charge is 0.300 e. The van der Waals surface area contributed by atoms with E-state index in [2.05, 4.69) is 16.4 Å². The normalized spacial score (nSPS) is 13.0. The smallest absolute Gasteiger partial charge is 0.262 e. The maximum absolute atomic E-state index is 12.4. The second-order valence-electron chi connectivity index (χ2n) is 6.65. The molecule has 0 saturated carbocycles. The molecule has 140 valence electrons. The lowest BCUT2D eigenvalue weighted by molar-refractivity contribution is -0.116. The number of carbonyl (C=O) groups is 3. The van der Waals surface area contributed by atoms with Gasteiger partial charge in [0.25, 0.3) is 11.8 Å². The Hall–Kier alpha value is -3.32. The van der Waals surface area contributed by atoms with Gasteiger partial charge in [-0.1, -0.05) is 29.8 Å². The number of aryl methyl sites for hydroxylation is 2. The van der Waals surface area contributed by atoms with Crippen LogP contribution in [0.3, 0.4) is 0 Å². The number of aromatic nitrogens is 1. The highest BCUT2D eigenvalue weighted by molar-refractivity contribution is 7.14. The second kappa shape index (κ2) is 7.01. The molecule has 3 amide bonds. The van der Waals surface area contributed by atoms with Gasteiger partial charge in [-0.05, 0) is 37.6 Å². The van der Waals surface area contributed by atoms with E-state index in [1.54, 1.807) is 24.3 Å². The van der Waals surface area contributed by atoms with E-state index >= 15 is 0 Å². The maximum Gasteiger partial charge on any atom is 0.262 e. The summed E-state index contributed by atoms with van der Waals surface area (Å²) in [5, 5.41) is 4.99. The fourth-order valence-electron chi connectivity index (χ4n) is 3.15. The lowest BCUT2D eigenvalue weighted by Crippen LogP contribution is -2.37. The lowest BCUT2D eigenvalue weighted by Gasteiger charge is -2.12. The van der Waals surface area contributed by atoms with E-state index in [1.807, 2.05) is 31.4 Å². The molecule has 4 rings (SSSR count). The molecule has 0 aliphatic carbocycles. The average molecular weight is 391 g/mol. The molecule has 0 saturated heterocycles. The Morgan fingerprint density at radius 1 is 1.04 bits per heavy atom. The Morgan fingerprint density at radius 2 is 1.71 bits per heavy atom. The third-order valence-corrected chi connectivity index (χ3v) is 5.36. The quantitative estimate of drug-likeness (QED) is 0.689. The van der Waals surface area contributed by atoms with Gasteiger partial charge in [-0.15, -0.1) is 11.3 Å². The van der Waals surface area contributed by atoms with Gasteiger partial charge in [0.15, 0.2) is 5.13 Å². The fraction of sp³-hybridized carbons (Fsp3) is 0.143. The Bertz CT molecular complexity index is 1080. The van der Waals surface area contributed by atoms with Gasteiger partial charge in [0.05, 0.1) is 16.8 Å². The number of imide groups is 1. The molecule has 0 bridgehead atoms. The molecule has 1 aromatic heterocycles. The van der Waals surface area contributed by atoms with Crippen molar-refractivity contribution in [3.05, 3.63) is 70.1 Å². The summed E-state index contributed by atoms with van der Waals surface area (Å²) in [7, 11) is 0. The molecular weight excluding hydrogens is 374 g/mol. The molecule has 0 fully saturated rings. The lowest BCUT2D eigenvalue weighted by atomic mass is 10.0. The highest BCUT2D eigenvalue weighted by Gasteiger charge is 2.36. The van der Waals surface area contributed by atoms with Crippen LogP contribution in [0.4, 0.5) is 5.13 Å². The van der Waals surface area contributed by atoms with Crippen molar-refractivity contribution < 1.29 is 14.4 Å². The predicted octanol–water partition coefficient (Wildman–Crippen LogP) is 3.66. The van der Waals surface area contributed by atoms with Crippen LogP contribution in [0.1, 0.15) is 31.8 Å². The van der Waals surface area contributed by atoms with E-state index in [9.17, 15) is 14.4 Å². The first-order chi connectivity index (χ1) is 13.4. The standard InChI is InChI=1S/C21H17N3O3S/c1-12-7-8-13(2)16(9-12)17-11-28-21(22-17)23-18(25)10-24-19(26)14-5-3-4-6-15(14)20(24)27/h3-9,11H,10H2,1-2H3,(H,22,23,25). The molecule has 0 atom stereocenters. The van der Waals surface area contributed by atoms with Gasteiger partial charge in [0.1, 0.15) is 6.54 Å². The highest BCUT2D eigenvalue weighted by Crippen LogP contribution is 2.28. The zero-order valence-corrected chi connectivity index (χ0v) is 16.2. The number of rotatable bonds is 4. The van der Waals surface area contributed by atoms with Gasteiger partial charge in [-0.3, -0.25) is 19.3 Å². The molecule has 7 heteroatoms. The van der Waals surface area contributed by atoms with E-state index in [-0.39, 0.29) is 6.54 Å². The minimum absolute atomic E-state index is 0.326. The van der Waals surface area contributed by atoms with Crippen LogP contribution in [-0.2, 0) is 4.79 Å². The number of amides is 3. The first-order valence-electron chi connectivity index (χ1n) is 8.72. The van der Waals surface area contributed by atoms with Crippen LogP contribution < -0.4 is 5.32 Å². The van der Waals surface area contributed by atoms with E-state index in [4.69, 9.17) is 0 Å². The zero-order valence-electron chi connectivity index (χ0n) is 15.4. The van der Waals surface area contributed by atoms with E-state index in [1.165, 1.54) is 11.3 Å². The highest BCUT2D eigenvalue weighted by atomic mass is 32.1. The topological polar surface area (TPSA) is 79.4 Å². The zero-order chi connectivity index (χ0) is 19.8. The molecule has 28 heavy (non-hydrogen) atoms. The van der Waals surface area contributed by atoms with Crippen molar-refractivity contribution in [2.45, 2.75) is 13.8 Å². The molecule has 1 aliphatic heterocycles. The maximum atomic E-state index is 12.4. The summed E-state index contributed by atoms with van der Waals surface area (Å²) in [6, 6.07) is 12.7. The first kappa shape index (κ1) is 18.1. The summed E-state index contributed by atoms with van der Waals surface area (Å²) in [4.78, 5) is 42.5. The van der Waals surface area contributed by atoms with Crippen molar-refractivity contribution in [3.8, 4) is 11.3 Å². The molecule has 1 aliphatic rings. The van der Waals surface area contributed by atoms with Gasteiger partial charge >= 0.3 is 0 Å². The number of fused-ring (bicyclic) bond motifs is 1. The molecular formula is C21H17N3O3S. The van der Waals surface area contributed by atoms with Gasteiger partial charge in [0, 0.05) is 10.9 Å². The van der Waals surface area contributed by atoms with Crippen LogP contribution in [0.5, 0.6) is 0 Å². The monoisotopic (exact) mass is 391 g/mol. The number of benzene rings is 2. The van der Waals surface area contributed by atoms with Crippen LogP contribution in [-0.4, -0.2) is 34.2 Å². The van der Waals surface area contributed by atoms with Crippen molar-refractivity contribution in [3.63, 3.8) is 0 Å². The number of hydrogen-bond acceptors (Lipinski definition) is 5. The van der Waals surface area contributed by atoms with Crippen LogP contribution in [0.25, 0.3) is 11.3 Å². The van der Waals surface area contributed by atoms with Crippen LogP contribution in [0.15, 0.2) is 47.8 Å². The number of thiazole rings is 1. The summed E-state index contributed by atoms with van der Waals surface area (Å²) in [6.07, 6.45) is 0.